The first-order valence-electron chi connectivity index (χ1n) is 3.09. The lowest BCUT2D eigenvalue weighted by molar-refractivity contribution is 0.318. The summed E-state index contributed by atoms with van der Waals surface area (Å²) >= 11 is 3.98. The molecule has 0 aliphatic heterocycles. The van der Waals surface area contributed by atoms with Crippen LogP contribution in [0.15, 0.2) is 22.8 Å². The third kappa shape index (κ3) is 4.47. The predicted molar refractivity (Wildman–Crippen MR) is 44.2 cm³/mol. The molecule has 0 aromatic carbocycles. The molecule has 0 aliphatic carbocycles. The Bertz CT molecular complexity index is 137. The second-order valence-electron chi connectivity index (χ2n) is 1.55. The average molecular weight is 160 g/mol. The Balaban J connectivity index is 0.000000236. The van der Waals surface area contributed by atoms with Gasteiger partial charge in [0.15, 0.2) is 0 Å². The normalized spacial score (nSPS) is 8.30. The number of aliphatic hydroxyl groups is 1. The van der Waals surface area contributed by atoms with Gasteiger partial charge in [-0.05, 0) is 19.1 Å². The highest BCUT2D eigenvalue weighted by Crippen LogP contribution is 2.01. The van der Waals surface area contributed by atoms with Crippen LogP contribution in [0.1, 0.15) is 12.7 Å². The van der Waals surface area contributed by atoms with Gasteiger partial charge in [0.2, 0.25) is 0 Å². The first kappa shape index (κ1) is 9.59. The van der Waals surface area contributed by atoms with Crippen molar-refractivity contribution in [1.82, 2.24) is 0 Å². The van der Waals surface area contributed by atoms with Gasteiger partial charge in [0.1, 0.15) is 5.76 Å². The molecule has 3 heteroatoms. The van der Waals surface area contributed by atoms with Crippen LogP contribution in [-0.2, 0) is 5.75 Å². The van der Waals surface area contributed by atoms with Gasteiger partial charge in [-0.3, -0.25) is 0 Å². The van der Waals surface area contributed by atoms with E-state index >= 15 is 0 Å². The second-order valence-corrected chi connectivity index (χ2v) is 1.87. The molecule has 1 N–H and O–H groups in total. The van der Waals surface area contributed by atoms with Crippen molar-refractivity contribution in [1.29, 1.82) is 0 Å². The van der Waals surface area contributed by atoms with E-state index in [-0.39, 0.29) is 6.61 Å². The summed E-state index contributed by atoms with van der Waals surface area (Å²) in [6.45, 7) is 1.93. The molecule has 1 aromatic rings. The number of rotatable bonds is 1. The van der Waals surface area contributed by atoms with E-state index in [4.69, 9.17) is 9.52 Å². The molecule has 58 valence electrons. The van der Waals surface area contributed by atoms with Gasteiger partial charge in [-0.15, -0.1) is 0 Å². The van der Waals surface area contributed by atoms with Crippen molar-refractivity contribution in [2.24, 2.45) is 0 Å². The second kappa shape index (κ2) is 6.71. The van der Waals surface area contributed by atoms with Crippen molar-refractivity contribution in [2.45, 2.75) is 12.7 Å². The monoisotopic (exact) mass is 160 g/mol. The zero-order chi connectivity index (χ0) is 7.82. The van der Waals surface area contributed by atoms with Crippen LogP contribution < -0.4 is 0 Å². The Morgan fingerprint density at radius 2 is 2.30 bits per heavy atom. The molecular formula is C7H12O2S. The van der Waals surface area contributed by atoms with E-state index in [0.29, 0.717) is 5.75 Å². The fourth-order valence-corrected chi connectivity index (χ4v) is 0.582. The third-order valence-corrected chi connectivity index (χ3v) is 1.05. The van der Waals surface area contributed by atoms with E-state index in [0.717, 1.165) is 5.76 Å². The molecule has 0 radical (unpaired) electrons. The smallest absolute Gasteiger partial charge is 0.113 e. The zero-order valence-electron chi connectivity index (χ0n) is 5.95. The number of hydrogen-bond donors (Lipinski definition) is 2. The van der Waals surface area contributed by atoms with Crippen LogP contribution in [0.5, 0.6) is 0 Å². The van der Waals surface area contributed by atoms with Crippen LogP contribution in [0.4, 0.5) is 0 Å². The molecule has 0 atom stereocenters. The summed E-state index contributed by atoms with van der Waals surface area (Å²) in [6.07, 6.45) is 1.64. The minimum atomic E-state index is 0.250. The minimum Gasteiger partial charge on any atom is -0.468 e. The van der Waals surface area contributed by atoms with Crippen molar-refractivity contribution >= 4 is 12.6 Å². The molecule has 0 aliphatic rings. The molecule has 0 fully saturated rings. The standard InChI is InChI=1S/C5H6OS.C2H6O/c7-4-5-2-1-3-6-5;1-2-3/h1-3,7H,4H2;3H,2H2,1H3. The van der Waals surface area contributed by atoms with Crippen LogP contribution >= 0.6 is 12.6 Å². The fourth-order valence-electron chi connectivity index (χ4n) is 0.403. The summed E-state index contributed by atoms with van der Waals surface area (Å²) in [4.78, 5) is 0. The fraction of sp³-hybridized carbons (Fsp3) is 0.429. The summed E-state index contributed by atoms with van der Waals surface area (Å²) in [5.41, 5.74) is 0. The molecule has 0 saturated heterocycles. The van der Waals surface area contributed by atoms with E-state index in [1.54, 1.807) is 13.2 Å². The molecule has 1 rings (SSSR count). The van der Waals surface area contributed by atoms with Gasteiger partial charge in [0, 0.05) is 12.4 Å². The van der Waals surface area contributed by atoms with Crippen LogP contribution in [0.25, 0.3) is 0 Å². The molecular weight excluding hydrogens is 148 g/mol. The average Bonchev–Trinajstić information content (AvgIpc) is 2.39. The quantitative estimate of drug-likeness (QED) is 0.613. The Hall–Kier alpha value is -0.410. The number of thiol groups is 1. The van der Waals surface area contributed by atoms with E-state index in [9.17, 15) is 0 Å². The van der Waals surface area contributed by atoms with Crippen molar-refractivity contribution in [3.8, 4) is 0 Å². The van der Waals surface area contributed by atoms with E-state index in [1.165, 1.54) is 0 Å². The highest BCUT2D eigenvalue weighted by Gasteiger charge is 1.85. The predicted octanol–water partition coefficient (Wildman–Crippen LogP) is 1.71. The van der Waals surface area contributed by atoms with Gasteiger partial charge < -0.3 is 9.52 Å². The van der Waals surface area contributed by atoms with Gasteiger partial charge in [0.05, 0.1) is 6.26 Å². The lowest BCUT2D eigenvalue weighted by Crippen LogP contribution is -1.62. The maximum Gasteiger partial charge on any atom is 0.113 e. The van der Waals surface area contributed by atoms with Crippen LogP contribution in [0.3, 0.4) is 0 Å². The minimum absolute atomic E-state index is 0.250. The molecule has 1 aromatic heterocycles. The maximum atomic E-state index is 7.57. The molecule has 1 heterocycles. The largest absolute Gasteiger partial charge is 0.468 e. The number of aliphatic hydroxyl groups excluding tert-OH is 1. The van der Waals surface area contributed by atoms with E-state index in [1.807, 2.05) is 12.1 Å². The summed E-state index contributed by atoms with van der Waals surface area (Å²) in [6, 6.07) is 3.75. The van der Waals surface area contributed by atoms with Gasteiger partial charge in [-0.2, -0.15) is 12.6 Å². The Labute approximate surface area is 66.3 Å². The molecule has 0 amide bonds. The Morgan fingerprint density at radius 3 is 2.50 bits per heavy atom. The molecule has 0 saturated carbocycles. The van der Waals surface area contributed by atoms with Gasteiger partial charge in [-0.25, -0.2) is 0 Å². The summed E-state index contributed by atoms with van der Waals surface area (Å²) < 4.78 is 4.91. The molecule has 0 bridgehead atoms. The van der Waals surface area contributed by atoms with Crippen LogP contribution in [0, 0.1) is 0 Å². The zero-order valence-corrected chi connectivity index (χ0v) is 6.84. The molecule has 0 unspecified atom stereocenters. The lowest BCUT2D eigenvalue weighted by atomic mass is 10.5. The Kier molecular flexibility index (Phi) is 6.43. The highest BCUT2D eigenvalue weighted by molar-refractivity contribution is 7.79. The van der Waals surface area contributed by atoms with E-state index < -0.39 is 0 Å². The highest BCUT2D eigenvalue weighted by atomic mass is 32.1. The SMILES string of the molecule is CCO.SCc1ccco1. The summed E-state index contributed by atoms with van der Waals surface area (Å²) in [5.74, 6) is 1.61. The van der Waals surface area contributed by atoms with Gasteiger partial charge in [-0.1, -0.05) is 0 Å². The van der Waals surface area contributed by atoms with E-state index in [2.05, 4.69) is 12.6 Å². The van der Waals surface area contributed by atoms with Gasteiger partial charge in [0.25, 0.3) is 0 Å². The first-order chi connectivity index (χ1) is 4.85. The van der Waals surface area contributed by atoms with Gasteiger partial charge >= 0.3 is 0 Å². The number of hydrogen-bond acceptors (Lipinski definition) is 3. The van der Waals surface area contributed by atoms with Crippen molar-refractivity contribution in [2.75, 3.05) is 6.61 Å². The maximum absolute atomic E-state index is 7.57. The molecule has 0 spiro atoms. The topological polar surface area (TPSA) is 33.4 Å². The van der Waals surface area contributed by atoms with Crippen molar-refractivity contribution in [3.63, 3.8) is 0 Å². The first-order valence-corrected chi connectivity index (χ1v) is 3.72. The lowest BCUT2D eigenvalue weighted by Gasteiger charge is -1.79. The van der Waals surface area contributed by atoms with Crippen molar-refractivity contribution < 1.29 is 9.52 Å². The van der Waals surface area contributed by atoms with Crippen LogP contribution in [0.2, 0.25) is 0 Å². The Morgan fingerprint density at radius 1 is 1.70 bits per heavy atom. The molecule has 10 heavy (non-hydrogen) atoms. The number of furan rings is 1. The summed E-state index contributed by atoms with van der Waals surface area (Å²) in [5, 5.41) is 7.57. The van der Waals surface area contributed by atoms with Crippen LogP contribution in [-0.4, -0.2) is 11.7 Å². The summed E-state index contributed by atoms with van der Waals surface area (Å²) in [7, 11) is 0. The third-order valence-electron chi connectivity index (χ3n) is 0.736. The molecule has 2 nitrogen and oxygen atoms in total. The van der Waals surface area contributed by atoms with Crippen molar-refractivity contribution in [3.05, 3.63) is 24.2 Å².